The van der Waals surface area contributed by atoms with E-state index in [1.165, 1.54) is 20.9 Å². The smallest absolute Gasteiger partial charge is 0.0503 e. The summed E-state index contributed by atoms with van der Waals surface area (Å²) < 4.78 is 12.0. The van der Waals surface area contributed by atoms with Crippen LogP contribution in [-0.4, -0.2) is 10.5 Å². The van der Waals surface area contributed by atoms with Gasteiger partial charge in [0.05, 0.1) is 10.8 Å². The van der Waals surface area contributed by atoms with Gasteiger partial charge in [-0.1, -0.05) is 30.0 Å². The molecule has 2 aromatic rings. The van der Waals surface area contributed by atoms with Crippen LogP contribution in [0.4, 0.5) is 0 Å². The van der Waals surface area contributed by atoms with Gasteiger partial charge < -0.3 is 0 Å². The van der Waals surface area contributed by atoms with Gasteiger partial charge in [0.2, 0.25) is 0 Å². The lowest BCUT2D eigenvalue weighted by atomic mass is 10.0. The molecule has 2 aromatic carbocycles. The first-order valence-corrected chi connectivity index (χ1v) is 8.97. The second-order valence-corrected chi connectivity index (χ2v) is 7.43. The van der Waals surface area contributed by atoms with E-state index in [0.29, 0.717) is 0 Å². The maximum absolute atomic E-state index is 12.0. The average Bonchev–Trinajstić information content (AvgIpc) is 2.42. The van der Waals surface area contributed by atoms with Crippen LogP contribution in [0.2, 0.25) is 0 Å². The molecule has 0 amide bonds. The van der Waals surface area contributed by atoms with Crippen LogP contribution in [0.3, 0.4) is 0 Å². The highest BCUT2D eigenvalue weighted by Crippen LogP contribution is 2.38. The molecule has 106 valence electrons. The van der Waals surface area contributed by atoms with E-state index in [0.717, 1.165) is 16.0 Å². The summed E-state index contributed by atoms with van der Waals surface area (Å²) in [5, 5.41) is 0. The fraction of sp³-hybridized carbons (Fsp3) is 0.294. The van der Waals surface area contributed by atoms with E-state index in [1.807, 2.05) is 6.07 Å². The number of hydrogen-bond acceptors (Lipinski definition) is 2. The van der Waals surface area contributed by atoms with Crippen LogP contribution in [0, 0.1) is 27.7 Å². The van der Waals surface area contributed by atoms with Crippen LogP contribution in [0.1, 0.15) is 22.3 Å². The lowest BCUT2D eigenvalue weighted by Crippen LogP contribution is -2.03. The number of rotatable bonds is 3. The number of benzene rings is 2. The standard InChI is InChI=1S/C17H20OS2/c1-11-13(3)17(20(5)18)14(4)12(2)16(11)19-15-9-7-6-8-10-15/h6-10H,1-5H3. The van der Waals surface area contributed by atoms with Crippen molar-refractivity contribution in [3.05, 3.63) is 52.6 Å². The van der Waals surface area contributed by atoms with E-state index in [1.54, 1.807) is 18.0 Å². The van der Waals surface area contributed by atoms with Gasteiger partial charge in [-0.15, -0.1) is 0 Å². The van der Waals surface area contributed by atoms with Crippen molar-refractivity contribution in [2.24, 2.45) is 0 Å². The molecule has 0 spiro atoms. The molecular weight excluding hydrogens is 284 g/mol. The zero-order valence-corrected chi connectivity index (χ0v) is 14.2. The van der Waals surface area contributed by atoms with Gasteiger partial charge in [0.15, 0.2) is 0 Å². The summed E-state index contributed by atoms with van der Waals surface area (Å²) in [4.78, 5) is 3.53. The Kier molecular flexibility index (Phi) is 4.71. The van der Waals surface area contributed by atoms with Crippen LogP contribution in [0.25, 0.3) is 0 Å². The van der Waals surface area contributed by atoms with Gasteiger partial charge in [-0.25, -0.2) is 0 Å². The highest BCUT2D eigenvalue weighted by Gasteiger charge is 2.17. The largest absolute Gasteiger partial charge is 0.255 e. The highest BCUT2D eigenvalue weighted by molar-refractivity contribution is 7.99. The van der Waals surface area contributed by atoms with Gasteiger partial charge in [-0.05, 0) is 62.1 Å². The molecule has 0 bridgehead atoms. The van der Waals surface area contributed by atoms with Gasteiger partial charge >= 0.3 is 0 Å². The van der Waals surface area contributed by atoms with E-state index >= 15 is 0 Å². The van der Waals surface area contributed by atoms with E-state index in [2.05, 4.69) is 52.0 Å². The first kappa shape index (κ1) is 15.3. The van der Waals surface area contributed by atoms with Crippen molar-refractivity contribution < 1.29 is 4.21 Å². The summed E-state index contributed by atoms with van der Waals surface area (Å²) in [6.07, 6.45) is 1.76. The zero-order valence-electron chi connectivity index (χ0n) is 12.6. The van der Waals surface area contributed by atoms with Crippen molar-refractivity contribution in [1.29, 1.82) is 0 Å². The Bertz CT molecular complexity index is 631. The van der Waals surface area contributed by atoms with Gasteiger partial charge in [-0.2, -0.15) is 0 Å². The summed E-state index contributed by atoms with van der Waals surface area (Å²) in [6.45, 7) is 8.41. The fourth-order valence-corrected chi connectivity index (χ4v) is 4.74. The van der Waals surface area contributed by atoms with Gasteiger partial charge in [0, 0.05) is 20.9 Å². The molecule has 1 unspecified atom stereocenters. The first-order chi connectivity index (χ1) is 9.43. The maximum atomic E-state index is 12.0. The van der Waals surface area contributed by atoms with Crippen LogP contribution in [0.5, 0.6) is 0 Å². The molecule has 0 aromatic heterocycles. The maximum Gasteiger partial charge on any atom is 0.0503 e. The molecule has 0 fully saturated rings. The fourth-order valence-electron chi connectivity index (χ4n) is 2.43. The minimum Gasteiger partial charge on any atom is -0.255 e. The molecule has 0 heterocycles. The van der Waals surface area contributed by atoms with Gasteiger partial charge in [-0.3, -0.25) is 4.21 Å². The SMILES string of the molecule is Cc1c(C)c(S(C)=O)c(C)c(C)c1Sc1ccccc1. The minimum absolute atomic E-state index is 0.937. The van der Waals surface area contributed by atoms with Crippen molar-refractivity contribution in [3.8, 4) is 0 Å². The molecular formula is C17H20OS2. The zero-order chi connectivity index (χ0) is 14.9. The summed E-state index contributed by atoms with van der Waals surface area (Å²) in [5.41, 5.74) is 4.80. The predicted octanol–water partition coefficient (Wildman–Crippen LogP) is 4.81. The molecule has 1 nitrogen and oxygen atoms in total. The van der Waals surface area contributed by atoms with Gasteiger partial charge in [0.25, 0.3) is 0 Å². The van der Waals surface area contributed by atoms with Crippen molar-refractivity contribution >= 4 is 22.6 Å². The predicted molar refractivity (Wildman–Crippen MR) is 88.3 cm³/mol. The Morgan fingerprint density at radius 3 is 1.80 bits per heavy atom. The first-order valence-electron chi connectivity index (χ1n) is 6.60. The molecule has 20 heavy (non-hydrogen) atoms. The summed E-state index contributed by atoms with van der Waals surface area (Å²) in [5.74, 6) is 0. The average molecular weight is 304 g/mol. The highest BCUT2D eigenvalue weighted by atomic mass is 32.2. The number of hydrogen-bond donors (Lipinski definition) is 0. The molecule has 3 heteroatoms. The van der Waals surface area contributed by atoms with Crippen LogP contribution >= 0.6 is 11.8 Å². The molecule has 0 saturated carbocycles. The Labute approximate surface area is 128 Å². The van der Waals surface area contributed by atoms with Crippen LogP contribution < -0.4 is 0 Å². The summed E-state index contributed by atoms with van der Waals surface area (Å²) in [6, 6.07) is 10.4. The quantitative estimate of drug-likeness (QED) is 0.809. The second kappa shape index (κ2) is 6.15. The summed E-state index contributed by atoms with van der Waals surface area (Å²) >= 11 is 1.79. The Morgan fingerprint density at radius 2 is 1.35 bits per heavy atom. The molecule has 0 aliphatic carbocycles. The van der Waals surface area contributed by atoms with E-state index in [9.17, 15) is 4.21 Å². The molecule has 0 N–H and O–H groups in total. The molecule has 2 rings (SSSR count). The topological polar surface area (TPSA) is 17.1 Å². The van der Waals surface area contributed by atoms with Crippen molar-refractivity contribution in [2.75, 3.05) is 6.26 Å². The van der Waals surface area contributed by atoms with Gasteiger partial charge in [0.1, 0.15) is 0 Å². The van der Waals surface area contributed by atoms with E-state index in [4.69, 9.17) is 0 Å². The molecule has 0 aliphatic heterocycles. The van der Waals surface area contributed by atoms with Crippen molar-refractivity contribution in [2.45, 2.75) is 42.4 Å². The molecule has 1 atom stereocenters. The van der Waals surface area contributed by atoms with E-state index in [-0.39, 0.29) is 0 Å². The van der Waals surface area contributed by atoms with E-state index < -0.39 is 10.8 Å². The summed E-state index contributed by atoms with van der Waals surface area (Å²) in [7, 11) is -0.937. The van der Waals surface area contributed by atoms with Crippen molar-refractivity contribution in [1.82, 2.24) is 0 Å². The second-order valence-electron chi connectivity index (χ2n) is 5.03. The third kappa shape index (κ3) is 2.84. The Morgan fingerprint density at radius 1 is 0.850 bits per heavy atom. The molecule has 0 aliphatic rings. The minimum atomic E-state index is -0.937. The third-order valence-electron chi connectivity index (χ3n) is 3.74. The molecule has 0 saturated heterocycles. The van der Waals surface area contributed by atoms with Crippen molar-refractivity contribution in [3.63, 3.8) is 0 Å². The third-order valence-corrected chi connectivity index (χ3v) is 6.25. The normalized spacial score (nSPS) is 12.4. The van der Waals surface area contributed by atoms with Crippen LogP contribution in [0.15, 0.2) is 45.0 Å². The lowest BCUT2D eigenvalue weighted by molar-refractivity contribution is 0.685. The monoisotopic (exact) mass is 304 g/mol. The Balaban J connectivity index is 2.58. The molecule has 0 radical (unpaired) electrons. The lowest BCUT2D eigenvalue weighted by Gasteiger charge is -2.18. The Hall–Kier alpha value is -1.06. The van der Waals surface area contributed by atoms with Crippen LogP contribution in [-0.2, 0) is 10.8 Å².